The molecule has 2 heteroatoms. The van der Waals surface area contributed by atoms with Crippen molar-refractivity contribution in [2.24, 2.45) is 5.92 Å². The smallest absolute Gasteiger partial charge is 0.0582 e. The summed E-state index contributed by atoms with van der Waals surface area (Å²) in [6.07, 6.45) is 5.95. The van der Waals surface area contributed by atoms with Gasteiger partial charge in [0.15, 0.2) is 0 Å². The molecule has 0 aromatic rings. The van der Waals surface area contributed by atoms with E-state index in [1.807, 2.05) is 0 Å². The van der Waals surface area contributed by atoms with Crippen molar-refractivity contribution in [1.82, 2.24) is 0 Å². The lowest BCUT2D eigenvalue weighted by molar-refractivity contribution is 0.0422. The summed E-state index contributed by atoms with van der Waals surface area (Å²) in [4.78, 5) is 0.659. The Kier molecular flexibility index (Phi) is 4.74. The summed E-state index contributed by atoms with van der Waals surface area (Å²) in [7, 11) is 0. The summed E-state index contributed by atoms with van der Waals surface area (Å²) in [5, 5.41) is 0. The normalized spacial score (nSPS) is 33.2. The van der Waals surface area contributed by atoms with Gasteiger partial charge in [-0.15, -0.1) is 0 Å². The van der Waals surface area contributed by atoms with Crippen LogP contribution in [0.25, 0.3) is 0 Å². The molecule has 0 aromatic carbocycles. The number of rotatable bonds is 4. The highest BCUT2D eigenvalue weighted by molar-refractivity contribution is 9.09. The molecule has 0 radical (unpaired) electrons. The van der Waals surface area contributed by atoms with Gasteiger partial charge in [0.2, 0.25) is 0 Å². The van der Waals surface area contributed by atoms with Crippen molar-refractivity contribution in [2.45, 2.75) is 63.5 Å². The number of ether oxygens (including phenoxy) is 1. The molecule has 1 aliphatic rings. The molecule has 78 valence electrons. The zero-order chi connectivity index (χ0) is 9.84. The van der Waals surface area contributed by atoms with Crippen LogP contribution < -0.4 is 0 Å². The minimum absolute atomic E-state index is 0.493. The van der Waals surface area contributed by atoms with E-state index in [1.165, 1.54) is 25.7 Å². The van der Waals surface area contributed by atoms with E-state index in [1.54, 1.807) is 0 Å². The molecule has 1 nitrogen and oxygen atoms in total. The third-order valence-corrected chi connectivity index (χ3v) is 4.51. The SMILES string of the molecule is CCC(Br)C(C)CC1CCC(C)O1. The first-order valence-electron chi connectivity index (χ1n) is 5.43. The van der Waals surface area contributed by atoms with Crippen molar-refractivity contribution in [3.05, 3.63) is 0 Å². The third kappa shape index (κ3) is 3.59. The molecule has 4 unspecified atom stereocenters. The minimum atomic E-state index is 0.493. The Morgan fingerprint density at radius 1 is 1.46 bits per heavy atom. The van der Waals surface area contributed by atoms with E-state index in [4.69, 9.17) is 4.74 Å². The van der Waals surface area contributed by atoms with Crippen molar-refractivity contribution >= 4 is 15.9 Å². The van der Waals surface area contributed by atoms with Gasteiger partial charge in [0.05, 0.1) is 12.2 Å². The van der Waals surface area contributed by atoms with Crippen molar-refractivity contribution in [2.75, 3.05) is 0 Å². The fraction of sp³-hybridized carbons (Fsp3) is 1.00. The highest BCUT2D eigenvalue weighted by Crippen LogP contribution is 2.28. The second kappa shape index (κ2) is 5.35. The van der Waals surface area contributed by atoms with Gasteiger partial charge in [-0.25, -0.2) is 0 Å². The fourth-order valence-corrected chi connectivity index (χ4v) is 2.24. The van der Waals surface area contributed by atoms with E-state index in [0.29, 0.717) is 17.0 Å². The van der Waals surface area contributed by atoms with Crippen LogP contribution in [0.15, 0.2) is 0 Å². The molecular weight excluding hydrogens is 228 g/mol. The molecule has 0 aliphatic carbocycles. The van der Waals surface area contributed by atoms with Crippen LogP contribution in [0.4, 0.5) is 0 Å². The van der Waals surface area contributed by atoms with E-state index in [0.717, 1.165) is 5.92 Å². The largest absolute Gasteiger partial charge is 0.375 e. The Hall–Kier alpha value is 0.440. The molecule has 13 heavy (non-hydrogen) atoms. The molecule has 1 rings (SSSR count). The first-order valence-corrected chi connectivity index (χ1v) is 6.34. The number of alkyl halides is 1. The zero-order valence-electron chi connectivity index (χ0n) is 8.92. The Balaban J connectivity index is 2.24. The Bertz CT molecular complexity index is 149. The summed E-state index contributed by atoms with van der Waals surface area (Å²) >= 11 is 3.71. The first-order chi connectivity index (χ1) is 6.13. The Labute approximate surface area is 90.4 Å². The third-order valence-electron chi connectivity index (χ3n) is 2.96. The van der Waals surface area contributed by atoms with E-state index in [-0.39, 0.29) is 0 Å². The zero-order valence-corrected chi connectivity index (χ0v) is 10.5. The van der Waals surface area contributed by atoms with Crippen molar-refractivity contribution < 1.29 is 4.74 Å². The number of hydrogen-bond donors (Lipinski definition) is 0. The van der Waals surface area contributed by atoms with Gasteiger partial charge in [-0.2, -0.15) is 0 Å². The lowest BCUT2D eigenvalue weighted by Gasteiger charge is -2.20. The minimum Gasteiger partial charge on any atom is -0.375 e. The Morgan fingerprint density at radius 2 is 2.15 bits per heavy atom. The van der Waals surface area contributed by atoms with Crippen LogP contribution in [0, 0.1) is 5.92 Å². The maximum absolute atomic E-state index is 5.81. The van der Waals surface area contributed by atoms with Gasteiger partial charge in [-0.1, -0.05) is 29.8 Å². The fourth-order valence-electron chi connectivity index (χ4n) is 2.02. The summed E-state index contributed by atoms with van der Waals surface area (Å²) in [5.41, 5.74) is 0. The summed E-state index contributed by atoms with van der Waals surface area (Å²) in [6.45, 7) is 6.72. The molecule has 0 amide bonds. The molecule has 0 aromatic heterocycles. The van der Waals surface area contributed by atoms with E-state index >= 15 is 0 Å². The van der Waals surface area contributed by atoms with E-state index in [9.17, 15) is 0 Å². The molecule has 1 fully saturated rings. The molecule has 0 N–H and O–H groups in total. The molecule has 1 aliphatic heterocycles. The van der Waals surface area contributed by atoms with E-state index in [2.05, 4.69) is 36.7 Å². The van der Waals surface area contributed by atoms with Crippen LogP contribution in [0.5, 0.6) is 0 Å². The van der Waals surface area contributed by atoms with Gasteiger partial charge >= 0.3 is 0 Å². The second-order valence-electron chi connectivity index (χ2n) is 4.28. The average Bonchev–Trinajstić information content (AvgIpc) is 2.49. The quantitative estimate of drug-likeness (QED) is 0.689. The summed E-state index contributed by atoms with van der Waals surface area (Å²) in [6, 6.07) is 0. The molecular formula is C11H21BrO. The standard InChI is InChI=1S/C11H21BrO/c1-4-11(12)8(2)7-10-6-5-9(3)13-10/h8-11H,4-7H2,1-3H3. The lowest BCUT2D eigenvalue weighted by atomic mass is 9.97. The average molecular weight is 249 g/mol. The van der Waals surface area contributed by atoms with Gasteiger partial charge in [-0.3, -0.25) is 0 Å². The van der Waals surface area contributed by atoms with Gasteiger partial charge in [0.1, 0.15) is 0 Å². The molecule has 4 atom stereocenters. The molecule has 1 heterocycles. The topological polar surface area (TPSA) is 9.23 Å². The summed E-state index contributed by atoms with van der Waals surface area (Å²) < 4.78 is 5.81. The van der Waals surface area contributed by atoms with Crippen LogP contribution in [0.2, 0.25) is 0 Å². The molecule has 0 spiro atoms. The van der Waals surface area contributed by atoms with Gasteiger partial charge in [0, 0.05) is 4.83 Å². The number of halogens is 1. The first kappa shape index (κ1) is 11.5. The lowest BCUT2D eigenvalue weighted by Crippen LogP contribution is -2.18. The van der Waals surface area contributed by atoms with Crippen molar-refractivity contribution in [1.29, 1.82) is 0 Å². The van der Waals surface area contributed by atoms with Gasteiger partial charge in [0.25, 0.3) is 0 Å². The van der Waals surface area contributed by atoms with Crippen molar-refractivity contribution in [3.63, 3.8) is 0 Å². The maximum Gasteiger partial charge on any atom is 0.0582 e. The van der Waals surface area contributed by atoms with Crippen LogP contribution in [0.3, 0.4) is 0 Å². The molecule has 0 saturated carbocycles. The van der Waals surface area contributed by atoms with Crippen LogP contribution in [0.1, 0.15) is 46.5 Å². The number of hydrogen-bond acceptors (Lipinski definition) is 1. The van der Waals surface area contributed by atoms with Crippen LogP contribution in [-0.2, 0) is 4.74 Å². The van der Waals surface area contributed by atoms with Crippen LogP contribution in [-0.4, -0.2) is 17.0 Å². The second-order valence-corrected chi connectivity index (χ2v) is 5.46. The predicted molar refractivity (Wildman–Crippen MR) is 60.4 cm³/mol. The Morgan fingerprint density at radius 3 is 2.62 bits per heavy atom. The van der Waals surface area contributed by atoms with Gasteiger partial charge < -0.3 is 4.74 Å². The highest BCUT2D eigenvalue weighted by atomic mass is 79.9. The maximum atomic E-state index is 5.81. The molecule has 0 bridgehead atoms. The predicted octanol–water partition coefficient (Wildman–Crippen LogP) is 3.75. The van der Waals surface area contributed by atoms with E-state index < -0.39 is 0 Å². The summed E-state index contributed by atoms with van der Waals surface area (Å²) in [5.74, 6) is 0.736. The monoisotopic (exact) mass is 248 g/mol. The van der Waals surface area contributed by atoms with Crippen LogP contribution >= 0.6 is 15.9 Å². The van der Waals surface area contributed by atoms with Crippen molar-refractivity contribution in [3.8, 4) is 0 Å². The molecule has 1 saturated heterocycles. The van der Waals surface area contributed by atoms with Gasteiger partial charge in [-0.05, 0) is 38.5 Å². The highest BCUT2D eigenvalue weighted by Gasteiger charge is 2.25.